The molecule has 0 aromatic carbocycles. The molecule has 3 nitrogen and oxygen atoms in total. The van der Waals surface area contributed by atoms with Crippen LogP contribution in [0.1, 0.15) is 15.8 Å². The largest absolute Gasteiger partial charge is 0.328 e. The highest BCUT2D eigenvalue weighted by Crippen LogP contribution is 2.25. The predicted molar refractivity (Wildman–Crippen MR) is 55.6 cm³/mol. The van der Waals surface area contributed by atoms with E-state index in [-0.39, 0.29) is 6.04 Å². The van der Waals surface area contributed by atoms with Crippen LogP contribution in [0.3, 0.4) is 0 Å². The molecule has 0 radical (unpaired) electrons. The van der Waals surface area contributed by atoms with Crippen LogP contribution in [0.2, 0.25) is 0 Å². The fraction of sp³-hybridized carbons (Fsp3) is 0.556. The molecule has 1 aromatic rings. The van der Waals surface area contributed by atoms with E-state index in [0.717, 1.165) is 0 Å². The van der Waals surface area contributed by atoms with Gasteiger partial charge in [-0.2, -0.15) is 5.06 Å². The number of rotatable bonds is 4. The molecule has 1 heterocycles. The number of hydroxylamine groups is 2. The molecule has 1 rings (SSSR count). The second-order valence-corrected chi connectivity index (χ2v) is 4.25. The minimum atomic E-state index is 0.170. The van der Waals surface area contributed by atoms with Crippen LogP contribution >= 0.6 is 11.3 Å². The van der Waals surface area contributed by atoms with Gasteiger partial charge in [0.05, 0.1) is 13.2 Å². The van der Waals surface area contributed by atoms with Gasteiger partial charge in [-0.05, 0) is 19.1 Å². The molecule has 1 atom stereocenters. The molecule has 1 unspecified atom stereocenters. The van der Waals surface area contributed by atoms with Crippen molar-refractivity contribution in [1.82, 2.24) is 5.06 Å². The number of aryl methyl sites for hydroxylation is 1. The van der Waals surface area contributed by atoms with Crippen molar-refractivity contribution in [3.05, 3.63) is 21.9 Å². The van der Waals surface area contributed by atoms with E-state index >= 15 is 0 Å². The van der Waals surface area contributed by atoms with Crippen molar-refractivity contribution >= 4 is 11.3 Å². The van der Waals surface area contributed by atoms with Crippen molar-refractivity contribution in [1.29, 1.82) is 0 Å². The third kappa shape index (κ3) is 2.51. The molecule has 0 aliphatic heterocycles. The molecule has 0 bridgehead atoms. The average Bonchev–Trinajstić information content (AvgIpc) is 2.53. The van der Waals surface area contributed by atoms with Crippen LogP contribution in [0.25, 0.3) is 0 Å². The zero-order chi connectivity index (χ0) is 9.84. The number of nitrogens with zero attached hydrogens (tertiary/aromatic N) is 1. The SMILES string of the molecule is CON(C)C(CN)c1ccc(C)s1. The van der Waals surface area contributed by atoms with Crippen LogP contribution < -0.4 is 5.73 Å². The molecular formula is C9H16N2OS. The Balaban J connectivity index is 2.77. The molecule has 4 heteroatoms. The van der Waals surface area contributed by atoms with Gasteiger partial charge in [0.25, 0.3) is 0 Å². The Bertz CT molecular complexity index is 262. The zero-order valence-electron chi connectivity index (χ0n) is 8.28. The first-order valence-electron chi connectivity index (χ1n) is 4.22. The molecule has 0 amide bonds. The van der Waals surface area contributed by atoms with Gasteiger partial charge >= 0.3 is 0 Å². The summed E-state index contributed by atoms with van der Waals surface area (Å²) in [6.45, 7) is 2.67. The number of hydrogen-bond acceptors (Lipinski definition) is 4. The lowest BCUT2D eigenvalue weighted by atomic mass is 10.2. The number of nitrogens with two attached hydrogens (primary N) is 1. The summed E-state index contributed by atoms with van der Waals surface area (Å²) in [5, 5.41) is 1.78. The Hall–Kier alpha value is -0.420. The molecule has 74 valence electrons. The third-order valence-electron chi connectivity index (χ3n) is 2.04. The molecule has 2 N–H and O–H groups in total. The van der Waals surface area contributed by atoms with E-state index in [1.54, 1.807) is 23.5 Å². The summed E-state index contributed by atoms with van der Waals surface area (Å²) in [5.74, 6) is 0. The summed E-state index contributed by atoms with van der Waals surface area (Å²) in [5.41, 5.74) is 5.68. The van der Waals surface area contributed by atoms with Crippen LogP contribution in [0.15, 0.2) is 12.1 Å². The van der Waals surface area contributed by atoms with Crippen LogP contribution in [0.5, 0.6) is 0 Å². The summed E-state index contributed by atoms with van der Waals surface area (Å²) in [6.07, 6.45) is 0. The second kappa shape index (κ2) is 4.72. The predicted octanol–water partition coefficient (Wildman–Crippen LogP) is 1.55. The minimum Gasteiger partial charge on any atom is -0.328 e. The molecule has 0 saturated heterocycles. The summed E-state index contributed by atoms with van der Waals surface area (Å²) in [7, 11) is 3.55. The van der Waals surface area contributed by atoms with Crippen molar-refractivity contribution in [2.45, 2.75) is 13.0 Å². The fourth-order valence-electron chi connectivity index (χ4n) is 1.20. The van der Waals surface area contributed by atoms with Gasteiger partial charge in [0.1, 0.15) is 0 Å². The van der Waals surface area contributed by atoms with E-state index in [1.165, 1.54) is 9.75 Å². The summed E-state index contributed by atoms with van der Waals surface area (Å²) in [6, 6.07) is 4.38. The Morgan fingerprint density at radius 1 is 1.62 bits per heavy atom. The maximum Gasteiger partial charge on any atom is 0.0813 e. The maximum absolute atomic E-state index is 5.68. The monoisotopic (exact) mass is 200 g/mol. The van der Waals surface area contributed by atoms with Crippen molar-refractivity contribution < 1.29 is 4.84 Å². The Morgan fingerprint density at radius 3 is 2.69 bits per heavy atom. The molecule has 0 aliphatic rings. The van der Waals surface area contributed by atoms with Crippen LogP contribution in [0.4, 0.5) is 0 Å². The van der Waals surface area contributed by atoms with Crippen molar-refractivity contribution in [3.8, 4) is 0 Å². The topological polar surface area (TPSA) is 38.5 Å². The van der Waals surface area contributed by atoms with E-state index in [2.05, 4.69) is 19.1 Å². The van der Waals surface area contributed by atoms with E-state index in [4.69, 9.17) is 10.6 Å². The summed E-state index contributed by atoms with van der Waals surface area (Å²) < 4.78 is 0. The Morgan fingerprint density at radius 2 is 2.31 bits per heavy atom. The number of likely N-dealkylation sites (N-methyl/N-ethyl adjacent to an activating group) is 1. The van der Waals surface area contributed by atoms with Gasteiger partial charge in [0, 0.05) is 23.3 Å². The van der Waals surface area contributed by atoms with Crippen molar-refractivity contribution in [3.63, 3.8) is 0 Å². The van der Waals surface area contributed by atoms with Gasteiger partial charge in [-0.1, -0.05) is 0 Å². The minimum absolute atomic E-state index is 0.170. The highest BCUT2D eigenvalue weighted by atomic mass is 32.1. The second-order valence-electron chi connectivity index (χ2n) is 2.93. The maximum atomic E-state index is 5.68. The van der Waals surface area contributed by atoms with Gasteiger partial charge in [-0.3, -0.25) is 0 Å². The first-order chi connectivity index (χ1) is 6.19. The molecule has 0 fully saturated rings. The summed E-state index contributed by atoms with van der Waals surface area (Å²) in [4.78, 5) is 7.68. The zero-order valence-corrected chi connectivity index (χ0v) is 9.10. The van der Waals surface area contributed by atoms with E-state index in [9.17, 15) is 0 Å². The van der Waals surface area contributed by atoms with Gasteiger partial charge in [-0.15, -0.1) is 11.3 Å². The van der Waals surface area contributed by atoms with Crippen LogP contribution in [0, 0.1) is 6.92 Å². The lowest BCUT2D eigenvalue weighted by Gasteiger charge is -2.23. The van der Waals surface area contributed by atoms with Crippen LogP contribution in [-0.2, 0) is 4.84 Å². The van der Waals surface area contributed by atoms with Gasteiger partial charge in [-0.25, -0.2) is 0 Å². The molecule has 13 heavy (non-hydrogen) atoms. The summed E-state index contributed by atoms with van der Waals surface area (Å²) >= 11 is 1.76. The van der Waals surface area contributed by atoms with E-state index in [1.807, 2.05) is 7.05 Å². The number of thiophene rings is 1. The van der Waals surface area contributed by atoms with Gasteiger partial charge in [0.2, 0.25) is 0 Å². The van der Waals surface area contributed by atoms with Gasteiger partial charge < -0.3 is 10.6 Å². The molecule has 0 aliphatic carbocycles. The standard InChI is InChI=1S/C9H16N2OS/c1-7-4-5-9(13-7)8(6-10)11(2)12-3/h4-5,8H,6,10H2,1-3H3. The molecule has 0 spiro atoms. The lowest BCUT2D eigenvalue weighted by Crippen LogP contribution is -2.28. The van der Waals surface area contributed by atoms with Crippen molar-refractivity contribution in [2.75, 3.05) is 20.7 Å². The molecule has 0 saturated carbocycles. The first-order valence-corrected chi connectivity index (χ1v) is 5.04. The quantitative estimate of drug-likeness (QED) is 0.749. The highest BCUT2D eigenvalue weighted by molar-refractivity contribution is 7.12. The normalized spacial score (nSPS) is 13.6. The highest BCUT2D eigenvalue weighted by Gasteiger charge is 2.16. The smallest absolute Gasteiger partial charge is 0.0813 e. The Labute approximate surface area is 83.1 Å². The Kier molecular flexibility index (Phi) is 3.87. The fourth-order valence-corrected chi connectivity index (χ4v) is 2.23. The van der Waals surface area contributed by atoms with Crippen LogP contribution in [-0.4, -0.2) is 25.8 Å². The van der Waals surface area contributed by atoms with E-state index < -0.39 is 0 Å². The lowest BCUT2D eigenvalue weighted by molar-refractivity contribution is -0.139. The van der Waals surface area contributed by atoms with Crippen molar-refractivity contribution in [2.24, 2.45) is 5.73 Å². The molecular weight excluding hydrogens is 184 g/mol. The molecule has 1 aromatic heterocycles. The third-order valence-corrected chi connectivity index (χ3v) is 3.14. The van der Waals surface area contributed by atoms with Gasteiger partial charge in [0.15, 0.2) is 0 Å². The van der Waals surface area contributed by atoms with E-state index in [0.29, 0.717) is 6.54 Å². The number of hydrogen-bond donors (Lipinski definition) is 1. The average molecular weight is 200 g/mol. The first kappa shape index (κ1) is 10.7.